The molecule has 0 saturated heterocycles. The number of H-pyrrole nitrogens is 1. The lowest BCUT2D eigenvalue weighted by molar-refractivity contribution is -0.140. The van der Waals surface area contributed by atoms with E-state index in [-0.39, 0.29) is 0 Å². The Morgan fingerprint density at radius 1 is 1.21 bits per heavy atom. The second kappa shape index (κ2) is 2.77. The highest BCUT2D eigenvalue weighted by Gasteiger charge is 2.32. The monoisotopic (exact) mass is 199 g/mol. The molecule has 0 amide bonds. The van der Waals surface area contributed by atoms with Crippen molar-refractivity contribution < 1.29 is 13.2 Å². The van der Waals surface area contributed by atoms with Gasteiger partial charge in [-0.3, -0.25) is 0 Å². The number of fused-ring (bicyclic) bond motifs is 1. The minimum atomic E-state index is -4.30. The third-order valence-corrected chi connectivity index (χ3v) is 2.17. The summed E-state index contributed by atoms with van der Waals surface area (Å²) in [6.45, 7) is 1.78. The number of hydrogen-bond acceptors (Lipinski definition) is 0. The minimum absolute atomic E-state index is 0.555. The third kappa shape index (κ3) is 1.36. The molecule has 0 aliphatic heterocycles. The van der Waals surface area contributed by atoms with Gasteiger partial charge in [0.15, 0.2) is 0 Å². The van der Waals surface area contributed by atoms with Crippen LogP contribution in [0.2, 0.25) is 0 Å². The molecule has 0 bridgehead atoms. The van der Waals surface area contributed by atoms with E-state index >= 15 is 0 Å². The molecular formula is C10H8F3N. The molecule has 0 atom stereocenters. The molecule has 2 rings (SSSR count). The van der Waals surface area contributed by atoms with E-state index in [0.29, 0.717) is 10.9 Å². The Labute approximate surface area is 78.5 Å². The molecule has 1 nitrogen and oxygen atoms in total. The van der Waals surface area contributed by atoms with Crippen LogP contribution in [0.5, 0.6) is 0 Å². The molecule has 0 radical (unpaired) electrons. The van der Waals surface area contributed by atoms with E-state index in [1.807, 2.05) is 0 Å². The summed E-state index contributed by atoms with van der Waals surface area (Å²) in [5, 5.41) is 0.595. The Kier molecular flexibility index (Phi) is 1.80. The molecule has 1 heterocycles. The van der Waals surface area contributed by atoms with Gasteiger partial charge in [0.2, 0.25) is 0 Å². The number of rotatable bonds is 0. The second-order valence-corrected chi connectivity index (χ2v) is 3.22. The van der Waals surface area contributed by atoms with Crippen molar-refractivity contribution in [3.8, 4) is 0 Å². The van der Waals surface area contributed by atoms with Gasteiger partial charge in [0.05, 0.1) is 0 Å². The molecule has 1 N–H and O–H groups in total. The summed E-state index contributed by atoms with van der Waals surface area (Å²) < 4.78 is 37.0. The highest BCUT2D eigenvalue weighted by atomic mass is 19.4. The highest BCUT2D eigenvalue weighted by Crippen LogP contribution is 2.31. The van der Waals surface area contributed by atoms with Gasteiger partial charge in [0.1, 0.15) is 5.69 Å². The van der Waals surface area contributed by atoms with E-state index in [4.69, 9.17) is 0 Å². The molecule has 0 unspecified atom stereocenters. The third-order valence-electron chi connectivity index (χ3n) is 2.17. The van der Waals surface area contributed by atoms with Gasteiger partial charge >= 0.3 is 6.18 Å². The molecule has 0 saturated carbocycles. The second-order valence-electron chi connectivity index (χ2n) is 3.22. The Morgan fingerprint density at radius 2 is 1.93 bits per heavy atom. The van der Waals surface area contributed by atoms with E-state index in [1.54, 1.807) is 25.1 Å². The number of aromatic nitrogens is 1. The molecule has 0 aliphatic rings. The Bertz CT molecular complexity index is 468. The lowest BCUT2D eigenvalue weighted by Gasteiger charge is -2.01. The van der Waals surface area contributed by atoms with Crippen LogP contribution in [-0.4, -0.2) is 4.98 Å². The van der Waals surface area contributed by atoms with Crippen molar-refractivity contribution in [3.05, 3.63) is 35.5 Å². The zero-order chi connectivity index (χ0) is 10.3. The number of para-hydroxylation sites is 1. The van der Waals surface area contributed by atoms with Gasteiger partial charge in [-0.1, -0.05) is 18.2 Å². The van der Waals surface area contributed by atoms with Crippen molar-refractivity contribution in [1.29, 1.82) is 0 Å². The quantitative estimate of drug-likeness (QED) is 0.668. The Balaban J connectivity index is 2.69. The lowest BCUT2D eigenvalue weighted by Crippen LogP contribution is -2.04. The molecule has 0 aliphatic carbocycles. The smallest absolute Gasteiger partial charge is 0.351 e. The van der Waals surface area contributed by atoms with Gasteiger partial charge < -0.3 is 4.98 Å². The van der Waals surface area contributed by atoms with E-state index in [1.165, 1.54) is 0 Å². The maximum atomic E-state index is 12.3. The fourth-order valence-corrected chi connectivity index (χ4v) is 1.46. The molecule has 1 aromatic heterocycles. The number of halogens is 3. The SMILES string of the molecule is Cc1cccc2cc(C(F)(F)F)[nH]c12. The van der Waals surface area contributed by atoms with Crippen molar-refractivity contribution in [2.75, 3.05) is 0 Å². The van der Waals surface area contributed by atoms with Crippen molar-refractivity contribution in [3.63, 3.8) is 0 Å². The normalized spacial score (nSPS) is 12.3. The fraction of sp³-hybridized carbons (Fsp3) is 0.200. The van der Waals surface area contributed by atoms with Crippen LogP contribution in [-0.2, 0) is 6.18 Å². The number of nitrogens with one attached hydrogen (secondary N) is 1. The highest BCUT2D eigenvalue weighted by molar-refractivity contribution is 5.83. The summed E-state index contributed by atoms with van der Waals surface area (Å²) in [5.74, 6) is 0. The maximum absolute atomic E-state index is 12.3. The number of aryl methyl sites for hydroxylation is 1. The predicted octanol–water partition coefficient (Wildman–Crippen LogP) is 3.50. The van der Waals surface area contributed by atoms with Crippen molar-refractivity contribution in [2.45, 2.75) is 13.1 Å². The van der Waals surface area contributed by atoms with Crippen LogP contribution in [0, 0.1) is 6.92 Å². The van der Waals surface area contributed by atoms with Gasteiger partial charge in [-0.2, -0.15) is 13.2 Å². The molecule has 2 aromatic rings. The van der Waals surface area contributed by atoms with E-state index in [2.05, 4.69) is 4.98 Å². The number of benzene rings is 1. The van der Waals surface area contributed by atoms with E-state index in [9.17, 15) is 13.2 Å². The molecule has 1 aromatic carbocycles. The predicted molar refractivity (Wildman–Crippen MR) is 48.0 cm³/mol. The van der Waals surface area contributed by atoms with Gasteiger partial charge in [0.25, 0.3) is 0 Å². The number of alkyl halides is 3. The molecule has 14 heavy (non-hydrogen) atoms. The van der Waals surface area contributed by atoms with Crippen LogP contribution >= 0.6 is 0 Å². The molecular weight excluding hydrogens is 191 g/mol. The summed E-state index contributed by atoms with van der Waals surface area (Å²) in [7, 11) is 0. The van der Waals surface area contributed by atoms with E-state index in [0.717, 1.165) is 11.6 Å². The van der Waals surface area contributed by atoms with Gasteiger partial charge in [0, 0.05) is 10.9 Å². The van der Waals surface area contributed by atoms with Gasteiger partial charge in [-0.25, -0.2) is 0 Å². The minimum Gasteiger partial charge on any atom is -0.351 e. The first kappa shape index (κ1) is 9.12. The first-order valence-electron chi connectivity index (χ1n) is 4.14. The first-order valence-corrected chi connectivity index (χ1v) is 4.14. The molecule has 74 valence electrons. The van der Waals surface area contributed by atoms with Gasteiger partial charge in [-0.15, -0.1) is 0 Å². The van der Waals surface area contributed by atoms with Crippen LogP contribution in [0.15, 0.2) is 24.3 Å². The summed E-state index contributed by atoms with van der Waals surface area (Å²) in [6, 6.07) is 6.31. The first-order chi connectivity index (χ1) is 6.48. The average Bonchev–Trinajstić information content (AvgIpc) is 2.48. The van der Waals surface area contributed by atoms with Crippen LogP contribution in [0.1, 0.15) is 11.3 Å². The summed E-state index contributed by atoms with van der Waals surface area (Å²) in [5.41, 5.74) is 0.680. The zero-order valence-corrected chi connectivity index (χ0v) is 7.44. The average molecular weight is 199 g/mol. The van der Waals surface area contributed by atoms with Gasteiger partial charge in [-0.05, 0) is 18.6 Å². The van der Waals surface area contributed by atoms with Crippen LogP contribution in [0.3, 0.4) is 0 Å². The Morgan fingerprint density at radius 3 is 2.50 bits per heavy atom. The van der Waals surface area contributed by atoms with Crippen molar-refractivity contribution >= 4 is 10.9 Å². The molecule has 4 heteroatoms. The lowest BCUT2D eigenvalue weighted by atomic mass is 10.2. The molecule has 0 spiro atoms. The maximum Gasteiger partial charge on any atom is 0.431 e. The Hall–Kier alpha value is -1.45. The molecule has 0 fully saturated rings. The standard InChI is InChI=1S/C10H8F3N/c1-6-3-2-4-7-5-8(10(11,12)13)14-9(6)7/h2-5,14H,1H3. The van der Waals surface area contributed by atoms with E-state index < -0.39 is 11.9 Å². The van der Waals surface area contributed by atoms with Crippen LogP contribution < -0.4 is 0 Å². The fourth-order valence-electron chi connectivity index (χ4n) is 1.46. The topological polar surface area (TPSA) is 15.8 Å². The van der Waals surface area contributed by atoms with Crippen LogP contribution in [0.25, 0.3) is 10.9 Å². The van der Waals surface area contributed by atoms with Crippen molar-refractivity contribution in [2.24, 2.45) is 0 Å². The van der Waals surface area contributed by atoms with Crippen molar-refractivity contribution in [1.82, 2.24) is 4.98 Å². The summed E-state index contributed by atoms with van der Waals surface area (Å²) in [6.07, 6.45) is -4.30. The number of hydrogen-bond donors (Lipinski definition) is 1. The number of aromatic amines is 1. The summed E-state index contributed by atoms with van der Waals surface area (Å²) >= 11 is 0. The zero-order valence-electron chi connectivity index (χ0n) is 7.44. The van der Waals surface area contributed by atoms with Crippen LogP contribution in [0.4, 0.5) is 13.2 Å². The largest absolute Gasteiger partial charge is 0.431 e. The summed E-state index contributed by atoms with van der Waals surface area (Å²) in [4.78, 5) is 2.38.